The van der Waals surface area contributed by atoms with Crippen LogP contribution in [-0.4, -0.2) is 45.2 Å². The van der Waals surface area contributed by atoms with Gasteiger partial charge in [0.25, 0.3) is 5.91 Å². The van der Waals surface area contributed by atoms with Crippen LogP contribution in [0.3, 0.4) is 0 Å². The summed E-state index contributed by atoms with van der Waals surface area (Å²) in [5.41, 5.74) is 0.250. The van der Waals surface area contributed by atoms with Gasteiger partial charge in [-0.25, -0.2) is 18.1 Å². The van der Waals surface area contributed by atoms with Crippen LogP contribution < -0.4 is 15.4 Å². The minimum Gasteiger partial charge on any atom is -0.370 e. The van der Waals surface area contributed by atoms with Crippen LogP contribution in [0.25, 0.3) is 0 Å². The van der Waals surface area contributed by atoms with Gasteiger partial charge in [-0.3, -0.25) is 4.79 Å². The molecule has 0 unspecified atom stereocenters. The van der Waals surface area contributed by atoms with Crippen molar-refractivity contribution in [3.05, 3.63) is 22.8 Å². The molecule has 0 saturated heterocycles. The van der Waals surface area contributed by atoms with E-state index in [1.54, 1.807) is 0 Å². The molecule has 0 aliphatic carbocycles. The second-order valence-electron chi connectivity index (χ2n) is 3.86. The van der Waals surface area contributed by atoms with Crippen molar-refractivity contribution in [2.24, 2.45) is 0 Å². The summed E-state index contributed by atoms with van der Waals surface area (Å²) < 4.78 is 24.6. The van der Waals surface area contributed by atoms with Gasteiger partial charge in [0.2, 0.25) is 10.0 Å². The molecule has 0 aliphatic heterocycles. The monoisotopic (exact) mass is 320 g/mol. The highest BCUT2D eigenvalue weighted by Gasteiger charge is 2.13. The molecule has 1 aromatic rings. The van der Waals surface area contributed by atoms with Gasteiger partial charge < -0.3 is 10.6 Å². The van der Waals surface area contributed by atoms with Crippen LogP contribution in [0, 0.1) is 0 Å². The molecule has 0 saturated carbocycles. The highest BCUT2D eigenvalue weighted by Crippen LogP contribution is 2.17. The number of nitrogens with one attached hydrogen (secondary N) is 3. The van der Waals surface area contributed by atoms with Crippen LogP contribution in [0.5, 0.6) is 0 Å². The van der Waals surface area contributed by atoms with Crippen LogP contribution >= 0.6 is 11.6 Å². The van der Waals surface area contributed by atoms with E-state index in [0.717, 1.165) is 0 Å². The molecule has 1 amide bonds. The summed E-state index contributed by atoms with van der Waals surface area (Å²) in [4.78, 5) is 15.9. The van der Waals surface area contributed by atoms with Gasteiger partial charge in [0.15, 0.2) is 0 Å². The zero-order valence-electron chi connectivity index (χ0n) is 11.2. The largest absolute Gasteiger partial charge is 0.370 e. The third-order valence-electron chi connectivity index (χ3n) is 2.43. The highest BCUT2D eigenvalue weighted by molar-refractivity contribution is 7.89. The molecule has 0 aliphatic rings. The third-order valence-corrected chi connectivity index (χ3v) is 4.09. The molecule has 1 heterocycles. The summed E-state index contributed by atoms with van der Waals surface area (Å²) in [6.07, 6.45) is 1.37. The average molecular weight is 321 g/mol. The molecule has 112 valence electrons. The normalized spacial score (nSPS) is 11.2. The highest BCUT2D eigenvalue weighted by atomic mass is 35.5. The molecule has 0 aromatic carbocycles. The predicted octanol–water partition coefficient (Wildman–Crippen LogP) is 0.446. The fraction of sp³-hybridized carbons (Fsp3) is 0.455. The number of carbonyl (C=O) groups excluding carboxylic acids is 1. The van der Waals surface area contributed by atoms with Crippen LogP contribution in [0.4, 0.5) is 5.82 Å². The zero-order chi connectivity index (χ0) is 15.2. The van der Waals surface area contributed by atoms with Gasteiger partial charge in [-0.15, -0.1) is 0 Å². The van der Waals surface area contributed by atoms with E-state index in [0.29, 0.717) is 12.4 Å². The van der Waals surface area contributed by atoms with Crippen molar-refractivity contribution in [3.8, 4) is 0 Å². The number of amides is 1. The third kappa shape index (κ3) is 4.95. The molecular weight excluding hydrogens is 304 g/mol. The second kappa shape index (κ2) is 7.41. The Hall–Kier alpha value is -1.38. The van der Waals surface area contributed by atoms with E-state index < -0.39 is 15.9 Å². The number of halogens is 1. The molecule has 9 heteroatoms. The Morgan fingerprint density at radius 2 is 2.15 bits per heavy atom. The average Bonchev–Trinajstić information content (AvgIpc) is 2.41. The summed E-state index contributed by atoms with van der Waals surface area (Å²) in [7, 11) is -2.03. The number of anilines is 1. The zero-order valence-corrected chi connectivity index (χ0v) is 12.8. The standard InChI is InChI=1S/C11H17ClN4O3S/c1-3-14-10-6-8(9(12)7-16-10)11(17)15-4-5-20(18,19)13-2/h6-7,13H,3-5H2,1-2H3,(H,14,16)(H,15,17). The van der Waals surface area contributed by atoms with E-state index in [-0.39, 0.29) is 22.9 Å². The Balaban J connectivity index is 2.70. The first kappa shape index (κ1) is 16.7. The summed E-state index contributed by atoms with van der Waals surface area (Å²) in [6, 6.07) is 1.52. The van der Waals surface area contributed by atoms with Crippen molar-refractivity contribution in [1.82, 2.24) is 15.0 Å². The lowest BCUT2D eigenvalue weighted by molar-refractivity contribution is 0.0956. The quantitative estimate of drug-likeness (QED) is 0.677. The molecule has 1 aromatic heterocycles. The first-order chi connectivity index (χ1) is 9.39. The molecule has 0 radical (unpaired) electrons. The number of nitrogens with zero attached hydrogens (tertiary/aromatic N) is 1. The lowest BCUT2D eigenvalue weighted by Crippen LogP contribution is -2.33. The van der Waals surface area contributed by atoms with Crippen LogP contribution in [0.2, 0.25) is 5.02 Å². The number of sulfonamides is 1. The smallest absolute Gasteiger partial charge is 0.253 e. The van der Waals surface area contributed by atoms with Crippen LogP contribution in [0.1, 0.15) is 17.3 Å². The van der Waals surface area contributed by atoms with E-state index in [4.69, 9.17) is 11.6 Å². The van der Waals surface area contributed by atoms with E-state index >= 15 is 0 Å². The molecule has 3 N–H and O–H groups in total. The van der Waals surface area contributed by atoms with Crippen molar-refractivity contribution < 1.29 is 13.2 Å². The Bertz CT molecular complexity index is 577. The van der Waals surface area contributed by atoms with Gasteiger partial charge in [0.1, 0.15) is 5.82 Å². The van der Waals surface area contributed by atoms with Gasteiger partial charge in [0.05, 0.1) is 16.3 Å². The number of carbonyl (C=O) groups is 1. The number of pyridine rings is 1. The lowest BCUT2D eigenvalue weighted by Gasteiger charge is -2.09. The summed E-state index contributed by atoms with van der Waals surface area (Å²) in [6.45, 7) is 2.56. The fourth-order valence-electron chi connectivity index (χ4n) is 1.39. The van der Waals surface area contributed by atoms with Crippen molar-refractivity contribution in [2.75, 3.05) is 31.2 Å². The van der Waals surface area contributed by atoms with Gasteiger partial charge in [-0.1, -0.05) is 11.6 Å². The maximum atomic E-state index is 11.9. The molecule has 0 bridgehead atoms. The van der Waals surface area contributed by atoms with Gasteiger partial charge in [0, 0.05) is 19.3 Å². The molecule has 0 atom stereocenters. The predicted molar refractivity (Wildman–Crippen MR) is 78.6 cm³/mol. The van der Waals surface area contributed by atoms with Crippen molar-refractivity contribution in [3.63, 3.8) is 0 Å². The maximum absolute atomic E-state index is 11.9. The molecule has 1 rings (SSSR count). The number of aromatic nitrogens is 1. The first-order valence-corrected chi connectivity index (χ1v) is 8.01. The van der Waals surface area contributed by atoms with E-state index in [2.05, 4.69) is 20.3 Å². The van der Waals surface area contributed by atoms with Crippen molar-refractivity contribution >= 4 is 33.3 Å². The first-order valence-electron chi connectivity index (χ1n) is 5.98. The van der Waals surface area contributed by atoms with Crippen LogP contribution in [-0.2, 0) is 10.0 Å². The maximum Gasteiger partial charge on any atom is 0.253 e. The van der Waals surface area contributed by atoms with Gasteiger partial charge >= 0.3 is 0 Å². The summed E-state index contributed by atoms with van der Waals surface area (Å²) in [5, 5.41) is 5.67. The Morgan fingerprint density at radius 3 is 2.75 bits per heavy atom. The number of hydrogen-bond acceptors (Lipinski definition) is 5. The second-order valence-corrected chi connectivity index (χ2v) is 6.31. The van der Waals surface area contributed by atoms with Gasteiger partial charge in [-0.2, -0.15) is 0 Å². The molecule has 7 nitrogen and oxygen atoms in total. The Kier molecular flexibility index (Phi) is 6.18. The summed E-state index contributed by atoms with van der Waals surface area (Å²) in [5.74, 6) is -0.106. The minimum atomic E-state index is -3.35. The van der Waals surface area contributed by atoms with Gasteiger partial charge in [-0.05, 0) is 20.0 Å². The van der Waals surface area contributed by atoms with Crippen molar-refractivity contribution in [2.45, 2.75) is 6.92 Å². The molecular formula is C11H17ClN4O3S. The van der Waals surface area contributed by atoms with E-state index in [9.17, 15) is 13.2 Å². The minimum absolute atomic E-state index is 0.00278. The Morgan fingerprint density at radius 1 is 1.45 bits per heavy atom. The lowest BCUT2D eigenvalue weighted by atomic mass is 10.2. The van der Waals surface area contributed by atoms with Crippen molar-refractivity contribution in [1.29, 1.82) is 0 Å². The molecule has 0 spiro atoms. The SMILES string of the molecule is CCNc1cc(C(=O)NCCS(=O)(=O)NC)c(Cl)cn1. The molecule has 0 fully saturated rings. The van der Waals surface area contributed by atoms with E-state index in [1.807, 2.05) is 6.92 Å². The number of hydrogen-bond donors (Lipinski definition) is 3. The fourth-order valence-corrected chi connectivity index (χ4v) is 2.15. The summed E-state index contributed by atoms with van der Waals surface area (Å²) >= 11 is 5.91. The van der Waals surface area contributed by atoms with Crippen LogP contribution in [0.15, 0.2) is 12.3 Å². The number of rotatable bonds is 7. The Labute approximate surface area is 123 Å². The topological polar surface area (TPSA) is 100 Å². The molecule has 20 heavy (non-hydrogen) atoms. The van der Waals surface area contributed by atoms with E-state index in [1.165, 1.54) is 19.3 Å².